The molecule has 0 atom stereocenters. The first-order valence-corrected chi connectivity index (χ1v) is 6.78. The maximum Gasteiger partial charge on any atom is 0.111 e. The molecular weight excluding hydrogens is 244 g/mol. The smallest absolute Gasteiger partial charge is 0.111 e. The molecule has 18 heavy (non-hydrogen) atoms. The number of benzene rings is 1. The lowest BCUT2D eigenvalue weighted by Crippen LogP contribution is -1.87. The lowest BCUT2D eigenvalue weighted by Gasteiger charge is -2.01. The first-order chi connectivity index (χ1) is 8.59. The summed E-state index contributed by atoms with van der Waals surface area (Å²) in [6.07, 6.45) is 0. The van der Waals surface area contributed by atoms with Gasteiger partial charge in [-0.05, 0) is 12.8 Å². The second-order valence-electron chi connectivity index (χ2n) is 4.32. The van der Waals surface area contributed by atoms with Crippen LogP contribution in [0.2, 0.25) is 5.02 Å². The summed E-state index contributed by atoms with van der Waals surface area (Å²) in [7, 11) is 0. The molecule has 1 aromatic carbocycles. The Bertz CT molecular complexity index is 484. The summed E-state index contributed by atoms with van der Waals surface area (Å²) in [6.45, 7) is 10.3. The van der Waals surface area contributed by atoms with Gasteiger partial charge in [-0.15, -0.1) is 0 Å². The van der Waals surface area contributed by atoms with E-state index in [2.05, 4.69) is 43.1 Å². The fourth-order valence-electron chi connectivity index (χ4n) is 1.63. The molecule has 0 spiro atoms. The molecule has 0 bridgehead atoms. The summed E-state index contributed by atoms with van der Waals surface area (Å²) in [5.74, 6) is 0.360. The van der Waals surface area contributed by atoms with Crippen LogP contribution in [0.15, 0.2) is 24.3 Å². The van der Waals surface area contributed by atoms with E-state index in [4.69, 9.17) is 11.6 Å². The third kappa shape index (κ3) is 3.14. The van der Waals surface area contributed by atoms with Gasteiger partial charge >= 0.3 is 0 Å². The van der Waals surface area contributed by atoms with Crippen LogP contribution in [0.5, 0.6) is 0 Å². The number of aryl methyl sites for hydroxylation is 1. The van der Waals surface area contributed by atoms with E-state index in [-0.39, 0.29) is 0 Å². The molecule has 1 heterocycles. The van der Waals surface area contributed by atoms with E-state index in [1.165, 1.54) is 5.56 Å². The molecule has 0 saturated heterocycles. The summed E-state index contributed by atoms with van der Waals surface area (Å²) in [5, 5.41) is 8.02. The number of hydrogen-bond acceptors (Lipinski definition) is 1. The predicted molar refractivity (Wildman–Crippen MR) is 79.2 cm³/mol. The van der Waals surface area contributed by atoms with Crippen LogP contribution in [0.3, 0.4) is 0 Å². The minimum absolute atomic E-state index is 0.360. The van der Waals surface area contributed by atoms with Crippen molar-refractivity contribution in [2.45, 2.75) is 40.5 Å². The van der Waals surface area contributed by atoms with Crippen molar-refractivity contribution in [3.8, 4) is 11.3 Å². The number of rotatable bonds is 2. The number of nitrogens with one attached hydrogen (secondary N) is 1. The molecule has 98 valence electrons. The predicted octanol–water partition coefficient (Wildman–Crippen LogP) is 5.19. The van der Waals surface area contributed by atoms with Crippen LogP contribution in [0.1, 0.15) is 44.9 Å². The summed E-state index contributed by atoms with van der Waals surface area (Å²) in [4.78, 5) is 0. The zero-order valence-corrected chi connectivity index (χ0v) is 12.5. The molecule has 0 saturated carbocycles. The molecule has 0 aliphatic rings. The molecule has 2 nitrogen and oxygen atoms in total. The number of halogens is 1. The molecule has 2 aromatic rings. The van der Waals surface area contributed by atoms with Crippen LogP contribution in [0.4, 0.5) is 0 Å². The fraction of sp³-hybridized carbons (Fsp3) is 0.400. The molecule has 3 heteroatoms. The van der Waals surface area contributed by atoms with Gasteiger partial charge in [0.1, 0.15) is 5.69 Å². The van der Waals surface area contributed by atoms with Gasteiger partial charge in [0.05, 0.1) is 10.7 Å². The molecule has 0 fully saturated rings. The minimum Gasteiger partial charge on any atom is -0.280 e. The SMILES string of the molecule is CC.Cc1ccc(-c2n[nH]c(C(C)C)c2Cl)cc1. The molecule has 0 aliphatic carbocycles. The molecular formula is C15H21ClN2. The first-order valence-electron chi connectivity index (χ1n) is 6.40. The molecule has 0 amide bonds. The van der Waals surface area contributed by atoms with Gasteiger partial charge in [0.15, 0.2) is 0 Å². The number of aromatic nitrogens is 2. The monoisotopic (exact) mass is 264 g/mol. The van der Waals surface area contributed by atoms with Crippen LogP contribution in [-0.2, 0) is 0 Å². The molecule has 0 radical (unpaired) electrons. The highest BCUT2D eigenvalue weighted by atomic mass is 35.5. The Kier molecular flexibility index (Phi) is 5.42. The molecule has 0 unspecified atom stereocenters. The Morgan fingerprint density at radius 1 is 1.11 bits per heavy atom. The van der Waals surface area contributed by atoms with Crippen molar-refractivity contribution >= 4 is 11.6 Å². The van der Waals surface area contributed by atoms with Crippen LogP contribution < -0.4 is 0 Å². The summed E-state index contributed by atoms with van der Waals surface area (Å²) < 4.78 is 0. The van der Waals surface area contributed by atoms with Crippen molar-refractivity contribution in [3.63, 3.8) is 0 Å². The lowest BCUT2D eigenvalue weighted by molar-refractivity contribution is 0.811. The standard InChI is InChI=1S/C13H15ClN2.C2H6/c1-8(2)12-11(14)13(16-15-12)10-6-4-9(3)5-7-10;1-2/h4-8H,1-3H3,(H,15,16);1-2H3. The van der Waals surface area contributed by atoms with Crippen LogP contribution in [0.25, 0.3) is 11.3 Å². The van der Waals surface area contributed by atoms with E-state index < -0.39 is 0 Å². The zero-order valence-electron chi connectivity index (χ0n) is 11.7. The molecule has 0 aliphatic heterocycles. The van der Waals surface area contributed by atoms with Gasteiger partial charge in [-0.25, -0.2) is 0 Å². The maximum absolute atomic E-state index is 6.30. The van der Waals surface area contributed by atoms with Crippen LogP contribution in [-0.4, -0.2) is 10.2 Å². The summed E-state index contributed by atoms with van der Waals surface area (Å²) >= 11 is 6.30. The normalized spacial score (nSPS) is 10.2. The van der Waals surface area contributed by atoms with Gasteiger partial charge in [-0.3, -0.25) is 5.10 Å². The average molecular weight is 265 g/mol. The number of nitrogens with zero attached hydrogens (tertiary/aromatic N) is 1. The highest BCUT2D eigenvalue weighted by Crippen LogP contribution is 2.31. The summed E-state index contributed by atoms with van der Waals surface area (Å²) in [5.41, 5.74) is 4.13. The second-order valence-corrected chi connectivity index (χ2v) is 4.70. The van der Waals surface area contributed by atoms with E-state index in [0.717, 1.165) is 22.0 Å². The largest absolute Gasteiger partial charge is 0.280 e. The van der Waals surface area contributed by atoms with Crippen molar-refractivity contribution in [2.24, 2.45) is 0 Å². The Morgan fingerprint density at radius 3 is 2.11 bits per heavy atom. The number of H-pyrrole nitrogens is 1. The molecule has 2 rings (SSSR count). The van der Waals surface area contributed by atoms with E-state index in [9.17, 15) is 0 Å². The van der Waals surface area contributed by atoms with Crippen LogP contribution >= 0.6 is 11.6 Å². The number of aromatic amines is 1. The molecule has 1 N–H and O–H groups in total. The van der Waals surface area contributed by atoms with Gasteiger partial charge in [0, 0.05) is 5.56 Å². The topological polar surface area (TPSA) is 28.7 Å². The third-order valence-corrected chi connectivity index (χ3v) is 3.02. The van der Waals surface area contributed by atoms with Crippen LogP contribution in [0, 0.1) is 6.92 Å². The Hall–Kier alpha value is -1.28. The minimum atomic E-state index is 0.360. The maximum atomic E-state index is 6.30. The zero-order chi connectivity index (χ0) is 13.7. The Morgan fingerprint density at radius 2 is 1.67 bits per heavy atom. The molecule has 1 aromatic heterocycles. The van der Waals surface area contributed by atoms with Crippen molar-refractivity contribution in [3.05, 3.63) is 40.5 Å². The van der Waals surface area contributed by atoms with Crippen molar-refractivity contribution in [2.75, 3.05) is 0 Å². The van der Waals surface area contributed by atoms with Crippen molar-refractivity contribution < 1.29 is 0 Å². The fourth-order valence-corrected chi connectivity index (χ4v) is 2.04. The van der Waals surface area contributed by atoms with Gasteiger partial charge < -0.3 is 0 Å². The highest BCUT2D eigenvalue weighted by molar-refractivity contribution is 6.33. The number of hydrogen-bond donors (Lipinski definition) is 1. The van der Waals surface area contributed by atoms with E-state index >= 15 is 0 Å². The van der Waals surface area contributed by atoms with Gasteiger partial charge in [-0.2, -0.15) is 5.10 Å². The van der Waals surface area contributed by atoms with Crippen molar-refractivity contribution in [1.82, 2.24) is 10.2 Å². The quantitative estimate of drug-likeness (QED) is 0.795. The Labute approximate surface area is 114 Å². The summed E-state index contributed by atoms with van der Waals surface area (Å²) in [6, 6.07) is 8.22. The second kappa shape index (κ2) is 6.60. The lowest BCUT2D eigenvalue weighted by atomic mass is 10.1. The van der Waals surface area contributed by atoms with Gasteiger partial charge in [0.25, 0.3) is 0 Å². The van der Waals surface area contributed by atoms with Crippen molar-refractivity contribution in [1.29, 1.82) is 0 Å². The Balaban J connectivity index is 0.000000771. The third-order valence-electron chi connectivity index (χ3n) is 2.63. The van der Waals surface area contributed by atoms with E-state index in [1.807, 2.05) is 26.0 Å². The first kappa shape index (κ1) is 14.8. The van der Waals surface area contributed by atoms with E-state index in [1.54, 1.807) is 0 Å². The highest BCUT2D eigenvalue weighted by Gasteiger charge is 2.14. The van der Waals surface area contributed by atoms with E-state index in [0.29, 0.717) is 5.92 Å². The van der Waals surface area contributed by atoms with Gasteiger partial charge in [0.2, 0.25) is 0 Å². The van der Waals surface area contributed by atoms with Gasteiger partial charge in [-0.1, -0.05) is 69.1 Å². The average Bonchev–Trinajstić information content (AvgIpc) is 2.75.